The van der Waals surface area contributed by atoms with E-state index in [9.17, 15) is 17.6 Å². The molecule has 3 heterocycles. The highest BCUT2D eigenvalue weighted by Crippen LogP contribution is 2.28. The third kappa shape index (κ3) is 5.04. The van der Waals surface area contributed by atoms with Crippen LogP contribution in [0.15, 0.2) is 65.8 Å². The number of likely N-dealkylation sites (tertiary alicyclic amines) is 1. The zero-order valence-electron chi connectivity index (χ0n) is 20.0. The first-order valence-corrected chi connectivity index (χ1v) is 13.9. The molecule has 2 fully saturated rings. The number of carbonyl (C=O) groups is 1. The third-order valence-corrected chi connectivity index (χ3v) is 7.98. The van der Waals surface area contributed by atoms with Crippen molar-refractivity contribution in [2.24, 2.45) is 0 Å². The van der Waals surface area contributed by atoms with Gasteiger partial charge in [-0.15, -0.1) is 0 Å². The Morgan fingerprint density at radius 1 is 0.944 bits per heavy atom. The standard InChI is InChI=1S/C26H28FN5O3S/c1-36(34,35)21-7-8-23(22(27)15-21)30-24-11-14-32(25(24)33)20-9-12-31(13-10-20)26-28-16-19(17-29-26)18-5-3-2-4-6-18/h2-8,15-17,20,24,30H,9-14H2,1H3/t24-/m0/s1. The quantitative estimate of drug-likeness (QED) is 0.544. The Kier molecular flexibility index (Phi) is 6.61. The molecule has 2 aliphatic heterocycles. The highest BCUT2D eigenvalue weighted by Gasteiger charge is 2.37. The van der Waals surface area contributed by atoms with E-state index >= 15 is 0 Å². The van der Waals surface area contributed by atoms with Crippen LogP contribution >= 0.6 is 0 Å². The van der Waals surface area contributed by atoms with Crippen LogP contribution in [0.5, 0.6) is 0 Å². The number of rotatable bonds is 6. The molecule has 0 aliphatic carbocycles. The minimum atomic E-state index is -3.50. The Balaban J connectivity index is 1.17. The van der Waals surface area contributed by atoms with Crippen LogP contribution in [0.2, 0.25) is 0 Å². The summed E-state index contributed by atoms with van der Waals surface area (Å²) in [6.45, 7) is 2.10. The zero-order valence-corrected chi connectivity index (χ0v) is 20.8. The number of carbonyl (C=O) groups excluding carboxylic acids is 1. The third-order valence-electron chi connectivity index (χ3n) is 6.87. The van der Waals surface area contributed by atoms with Crippen LogP contribution < -0.4 is 10.2 Å². The van der Waals surface area contributed by atoms with E-state index in [1.165, 1.54) is 12.1 Å². The van der Waals surface area contributed by atoms with Crippen molar-refractivity contribution in [1.82, 2.24) is 14.9 Å². The van der Waals surface area contributed by atoms with E-state index in [2.05, 4.69) is 20.2 Å². The van der Waals surface area contributed by atoms with Crippen molar-refractivity contribution in [3.8, 4) is 11.1 Å². The Bertz CT molecular complexity index is 1340. The SMILES string of the molecule is CS(=O)(=O)c1ccc(N[C@H]2CCN(C3CCN(c4ncc(-c5ccccc5)cn4)CC3)C2=O)c(F)c1. The number of benzene rings is 2. The predicted molar refractivity (Wildman–Crippen MR) is 136 cm³/mol. The van der Waals surface area contributed by atoms with Gasteiger partial charge in [0.2, 0.25) is 11.9 Å². The number of nitrogens with one attached hydrogen (secondary N) is 1. The predicted octanol–water partition coefficient (Wildman–Crippen LogP) is 3.37. The normalized spacial score (nSPS) is 19.1. The highest BCUT2D eigenvalue weighted by molar-refractivity contribution is 7.90. The van der Waals surface area contributed by atoms with Gasteiger partial charge in [0.15, 0.2) is 9.84 Å². The molecule has 2 saturated heterocycles. The lowest BCUT2D eigenvalue weighted by Gasteiger charge is -2.36. The molecule has 3 aromatic rings. The molecule has 1 atom stereocenters. The maximum absolute atomic E-state index is 14.5. The van der Waals surface area contributed by atoms with Crippen LogP contribution in [0, 0.1) is 5.82 Å². The van der Waals surface area contributed by atoms with Gasteiger partial charge in [0, 0.05) is 49.9 Å². The second-order valence-corrected chi connectivity index (χ2v) is 11.3. The van der Waals surface area contributed by atoms with Crippen molar-refractivity contribution in [2.75, 3.05) is 36.1 Å². The second kappa shape index (κ2) is 9.85. The monoisotopic (exact) mass is 509 g/mol. The van der Waals surface area contributed by atoms with E-state index in [1.54, 1.807) is 0 Å². The lowest BCUT2D eigenvalue weighted by molar-refractivity contribution is -0.130. The summed E-state index contributed by atoms with van der Waals surface area (Å²) in [5.41, 5.74) is 2.18. The van der Waals surface area contributed by atoms with E-state index in [1.807, 2.05) is 47.6 Å². The van der Waals surface area contributed by atoms with E-state index in [0.29, 0.717) is 18.9 Å². The summed E-state index contributed by atoms with van der Waals surface area (Å²) in [4.78, 5) is 26.1. The van der Waals surface area contributed by atoms with Crippen LogP contribution in [-0.2, 0) is 14.6 Å². The first kappa shape index (κ1) is 24.2. The largest absolute Gasteiger partial charge is 0.371 e. The van der Waals surface area contributed by atoms with Gasteiger partial charge in [0.25, 0.3) is 0 Å². The molecule has 0 bridgehead atoms. The van der Waals surface area contributed by atoms with E-state index in [-0.39, 0.29) is 22.5 Å². The van der Waals surface area contributed by atoms with Gasteiger partial charge in [0.05, 0.1) is 10.6 Å². The summed E-state index contributed by atoms with van der Waals surface area (Å²) in [6, 6.07) is 13.3. The van der Waals surface area contributed by atoms with Crippen LogP contribution in [0.3, 0.4) is 0 Å². The molecule has 1 amide bonds. The molecule has 5 rings (SSSR count). The molecule has 0 saturated carbocycles. The molecular weight excluding hydrogens is 481 g/mol. The lowest BCUT2D eigenvalue weighted by Crippen LogP contribution is -2.47. The molecule has 1 N–H and O–H groups in total. The first-order valence-electron chi connectivity index (χ1n) is 12.0. The minimum Gasteiger partial charge on any atom is -0.371 e. The van der Waals surface area contributed by atoms with Gasteiger partial charge in [-0.3, -0.25) is 4.79 Å². The number of amides is 1. The number of sulfone groups is 1. The van der Waals surface area contributed by atoms with Crippen LogP contribution in [0.4, 0.5) is 16.0 Å². The number of hydrogen-bond donors (Lipinski definition) is 1. The number of hydrogen-bond acceptors (Lipinski definition) is 7. The van der Waals surface area contributed by atoms with Crippen molar-refractivity contribution in [1.29, 1.82) is 0 Å². The molecule has 8 nitrogen and oxygen atoms in total. The van der Waals surface area contributed by atoms with Gasteiger partial charge >= 0.3 is 0 Å². The van der Waals surface area contributed by atoms with Crippen molar-refractivity contribution in [3.63, 3.8) is 0 Å². The van der Waals surface area contributed by atoms with Gasteiger partial charge in [-0.25, -0.2) is 22.8 Å². The summed E-state index contributed by atoms with van der Waals surface area (Å²) in [7, 11) is -3.50. The summed E-state index contributed by atoms with van der Waals surface area (Å²) in [5, 5.41) is 2.97. The number of anilines is 2. The van der Waals surface area contributed by atoms with Crippen LogP contribution in [0.25, 0.3) is 11.1 Å². The van der Waals surface area contributed by atoms with Gasteiger partial charge in [-0.05, 0) is 43.0 Å². The average Bonchev–Trinajstić information content (AvgIpc) is 3.25. The second-order valence-electron chi connectivity index (χ2n) is 9.29. The molecule has 0 radical (unpaired) electrons. The fourth-order valence-corrected chi connectivity index (χ4v) is 5.50. The van der Waals surface area contributed by atoms with Gasteiger partial charge in [0.1, 0.15) is 11.9 Å². The zero-order chi connectivity index (χ0) is 25.3. The molecule has 36 heavy (non-hydrogen) atoms. The first-order chi connectivity index (χ1) is 17.3. The van der Waals surface area contributed by atoms with Crippen molar-refractivity contribution in [2.45, 2.75) is 36.2 Å². The average molecular weight is 510 g/mol. The summed E-state index contributed by atoms with van der Waals surface area (Å²) in [5.74, 6) is -0.0484. The minimum absolute atomic E-state index is 0.0523. The Hall–Kier alpha value is -3.53. The lowest BCUT2D eigenvalue weighted by atomic mass is 10.0. The molecule has 188 valence electrons. The molecule has 2 aliphatic rings. The summed E-state index contributed by atoms with van der Waals surface area (Å²) >= 11 is 0. The topological polar surface area (TPSA) is 95.5 Å². The number of halogens is 1. The van der Waals surface area contributed by atoms with Crippen molar-refractivity contribution < 1.29 is 17.6 Å². The summed E-state index contributed by atoms with van der Waals surface area (Å²) in [6.07, 6.45) is 6.89. The van der Waals surface area contributed by atoms with Gasteiger partial charge < -0.3 is 15.1 Å². The molecule has 0 unspecified atom stereocenters. The fourth-order valence-electron chi connectivity index (χ4n) is 4.87. The van der Waals surface area contributed by atoms with E-state index in [0.717, 1.165) is 49.4 Å². The molecule has 0 spiro atoms. The molecular formula is C26H28FN5O3S. The van der Waals surface area contributed by atoms with E-state index in [4.69, 9.17) is 0 Å². The Morgan fingerprint density at radius 2 is 1.64 bits per heavy atom. The summed E-state index contributed by atoms with van der Waals surface area (Å²) < 4.78 is 37.7. The molecule has 1 aromatic heterocycles. The number of nitrogens with zero attached hydrogens (tertiary/aromatic N) is 4. The van der Waals surface area contributed by atoms with E-state index < -0.39 is 21.7 Å². The fraction of sp³-hybridized carbons (Fsp3) is 0.346. The molecule has 10 heteroatoms. The molecule has 2 aromatic carbocycles. The van der Waals surface area contributed by atoms with Crippen molar-refractivity contribution >= 4 is 27.4 Å². The Labute approximate surface area is 210 Å². The van der Waals surface area contributed by atoms with Crippen molar-refractivity contribution in [3.05, 3.63) is 66.7 Å². The number of aromatic nitrogens is 2. The van der Waals surface area contributed by atoms with Crippen LogP contribution in [0.1, 0.15) is 19.3 Å². The maximum Gasteiger partial charge on any atom is 0.245 e. The highest BCUT2D eigenvalue weighted by atomic mass is 32.2. The van der Waals surface area contributed by atoms with Gasteiger partial charge in [-0.1, -0.05) is 30.3 Å². The number of piperidine rings is 1. The van der Waals surface area contributed by atoms with Crippen LogP contribution in [-0.4, -0.2) is 67.2 Å². The maximum atomic E-state index is 14.5. The Morgan fingerprint density at radius 3 is 2.28 bits per heavy atom. The van der Waals surface area contributed by atoms with Gasteiger partial charge in [-0.2, -0.15) is 0 Å². The smallest absolute Gasteiger partial charge is 0.245 e.